The molecule has 0 fully saturated rings. The molecule has 1 aromatic carbocycles. The van der Waals surface area contributed by atoms with Crippen LogP contribution < -0.4 is 4.90 Å². The molecule has 1 rings (SSSR count). The highest BCUT2D eigenvalue weighted by Crippen LogP contribution is 2.20. The molecule has 0 aliphatic rings. The predicted octanol–water partition coefficient (Wildman–Crippen LogP) is 4.27. The van der Waals surface area contributed by atoms with E-state index in [0.29, 0.717) is 26.1 Å². The van der Waals surface area contributed by atoms with Gasteiger partial charge in [-0.15, -0.1) is 0 Å². The number of hydrogen-bond acceptors (Lipinski definition) is 5. The van der Waals surface area contributed by atoms with Crippen molar-refractivity contribution in [3.05, 3.63) is 29.8 Å². The van der Waals surface area contributed by atoms with Crippen molar-refractivity contribution < 1.29 is 19.1 Å². The van der Waals surface area contributed by atoms with Crippen LogP contribution in [0.4, 0.5) is 5.69 Å². The van der Waals surface area contributed by atoms with Crippen molar-refractivity contribution in [2.24, 2.45) is 0 Å². The molecule has 0 saturated carbocycles. The molecule has 0 saturated heterocycles. The van der Waals surface area contributed by atoms with Crippen LogP contribution >= 0.6 is 0 Å². The summed E-state index contributed by atoms with van der Waals surface area (Å²) in [7, 11) is 0. The smallest absolute Gasteiger partial charge is 0.305 e. The SMILES string of the molecule is CCCC(=O)OCCCN(CCCOC(=O)CCC)c1ccccc1C. The molecule has 0 N–H and O–H groups in total. The molecule has 0 bridgehead atoms. The Kier molecular flexibility index (Phi) is 11.2. The topological polar surface area (TPSA) is 55.8 Å². The molecule has 0 spiro atoms. The largest absolute Gasteiger partial charge is 0.466 e. The Morgan fingerprint density at radius 1 is 0.885 bits per heavy atom. The Balaban J connectivity index is 2.48. The van der Waals surface area contributed by atoms with Crippen molar-refractivity contribution in [3.8, 4) is 0 Å². The lowest BCUT2D eigenvalue weighted by Gasteiger charge is -2.26. The van der Waals surface area contributed by atoms with Gasteiger partial charge in [-0.1, -0.05) is 32.0 Å². The van der Waals surface area contributed by atoms with Crippen molar-refractivity contribution >= 4 is 17.6 Å². The Labute approximate surface area is 157 Å². The highest BCUT2D eigenvalue weighted by molar-refractivity contribution is 5.69. The number of benzene rings is 1. The minimum absolute atomic E-state index is 0.127. The van der Waals surface area contributed by atoms with Gasteiger partial charge in [-0.25, -0.2) is 0 Å². The number of esters is 2. The second-order valence-corrected chi connectivity index (χ2v) is 6.42. The fraction of sp³-hybridized carbons (Fsp3) is 0.619. The first kappa shape index (κ1) is 22.0. The van der Waals surface area contributed by atoms with Crippen LogP contribution in [-0.2, 0) is 19.1 Å². The molecule has 146 valence electrons. The number of rotatable bonds is 13. The summed E-state index contributed by atoms with van der Waals surface area (Å²) in [4.78, 5) is 25.2. The van der Waals surface area contributed by atoms with Gasteiger partial charge in [0.25, 0.3) is 0 Å². The van der Waals surface area contributed by atoms with Gasteiger partial charge in [0.05, 0.1) is 13.2 Å². The van der Waals surface area contributed by atoms with Gasteiger partial charge in [0, 0.05) is 31.6 Å². The van der Waals surface area contributed by atoms with Gasteiger partial charge in [0.1, 0.15) is 0 Å². The monoisotopic (exact) mass is 363 g/mol. The van der Waals surface area contributed by atoms with E-state index in [1.165, 1.54) is 11.3 Å². The van der Waals surface area contributed by atoms with Gasteiger partial charge >= 0.3 is 11.9 Å². The van der Waals surface area contributed by atoms with Crippen molar-refractivity contribution in [2.45, 2.75) is 59.3 Å². The summed E-state index contributed by atoms with van der Waals surface area (Å²) in [6, 6.07) is 8.24. The lowest BCUT2D eigenvalue weighted by molar-refractivity contribution is -0.144. The van der Waals surface area contributed by atoms with Gasteiger partial charge in [0.15, 0.2) is 0 Å². The van der Waals surface area contributed by atoms with Crippen LogP contribution in [0.1, 0.15) is 57.9 Å². The fourth-order valence-electron chi connectivity index (χ4n) is 2.71. The lowest BCUT2D eigenvalue weighted by atomic mass is 10.1. The van der Waals surface area contributed by atoms with Crippen LogP contribution in [0.5, 0.6) is 0 Å². The Morgan fingerprint density at radius 2 is 1.38 bits per heavy atom. The molecular weight excluding hydrogens is 330 g/mol. The van der Waals surface area contributed by atoms with E-state index in [0.717, 1.165) is 38.8 Å². The molecule has 0 aliphatic carbocycles. The minimum atomic E-state index is -0.127. The summed E-state index contributed by atoms with van der Waals surface area (Å²) in [5.74, 6) is -0.254. The Bertz CT molecular complexity index is 519. The Hall–Kier alpha value is -2.04. The molecule has 0 radical (unpaired) electrons. The summed E-state index contributed by atoms with van der Waals surface area (Å²) < 4.78 is 10.5. The summed E-state index contributed by atoms with van der Waals surface area (Å²) in [5, 5.41) is 0. The highest BCUT2D eigenvalue weighted by atomic mass is 16.5. The average Bonchev–Trinajstić information content (AvgIpc) is 2.61. The normalized spacial score (nSPS) is 10.4. The van der Waals surface area contributed by atoms with E-state index in [9.17, 15) is 9.59 Å². The standard InChI is InChI=1S/C21H33NO4/c1-4-10-20(23)25-16-8-14-22(19-13-7-6-12-18(19)3)15-9-17-26-21(24)11-5-2/h6-7,12-13H,4-5,8-11,14-17H2,1-3H3. The van der Waals surface area contributed by atoms with Gasteiger partial charge in [0.2, 0.25) is 0 Å². The van der Waals surface area contributed by atoms with Gasteiger partial charge in [-0.05, 0) is 44.2 Å². The highest BCUT2D eigenvalue weighted by Gasteiger charge is 2.10. The first-order valence-electron chi connectivity index (χ1n) is 9.70. The number of anilines is 1. The molecular formula is C21H33NO4. The van der Waals surface area contributed by atoms with Crippen molar-refractivity contribution in [1.82, 2.24) is 0 Å². The molecule has 26 heavy (non-hydrogen) atoms. The molecule has 0 unspecified atom stereocenters. The predicted molar refractivity (Wildman–Crippen MR) is 104 cm³/mol. The molecule has 5 nitrogen and oxygen atoms in total. The van der Waals surface area contributed by atoms with E-state index in [1.807, 2.05) is 26.0 Å². The van der Waals surface area contributed by atoms with Crippen LogP contribution in [-0.4, -0.2) is 38.2 Å². The first-order chi connectivity index (χ1) is 12.6. The van der Waals surface area contributed by atoms with Crippen LogP contribution in [0.3, 0.4) is 0 Å². The van der Waals surface area contributed by atoms with Crippen LogP contribution in [0.15, 0.2) is 24.3 Å². The minimum Gasteiger partial charge on any atom is -0.466 e. The molecule has 5 heteroatoms. The van der Waals surface area contributed by atoms with E-state index in [1.54, 1.807) is 0 Å². The second kappa shape index (κ2) is 13.2. The van der Waals surface area contributed by atoms with E-state index < -0.39 is 0 Å². The van der Waals surface area contributed by atoms with Gasteiger partial charge in [-0.3, -0.25) is 9.59 Å². The quantitative estimate of drug-likeness (QED) is 0.387. The van der Waals surface area contributed by atoms with E-state index in [2.05, 4.69) is 24.0 Å². The average molecular weight is 363 g/mol. The molecule has 0 aromatic heterocycles. The van der Waals surface area contributed by atoms with E-state index in [-0.39, 0.29) is 11.9 Å². The van der Waals surface area contributed by atoms with Crippen LogP contribution in [0, 0.1) is 6.92 Å². The van der Waals surface area contributed by atoms with Crippen molar-refractivity contribution in [1.29, 1.82) is 0 Å². The maximum absolute atomic E-state index is 11.5. The zero-order chi connectivity index (χ0) is 19.2. The van der Waals surface area contributed by atoms with E-state index >= 15 is 0 Å². The first-order valence-corrected chi connectivity index (χ1v) is 9.70. The summed E-state index contributed by atoms with van der Waals surface area (Å²) in [6.45, 7) is 8.49. The Morgan fingerprint density at radius 3 is 1.85 bits per heavy atom. The molecule has 0 amide bonds. The number of carbonyl (C=O) groups is 2. The number of aryl methyl sites for hydroxylation is 1. The zero-order valence-corrected chi connectivity index (χ0v) is 16.5. The zero-order valence-electron chi connectivity index (χ0n) is 16.5. The maximum Gasteiger partial charge on any atom is 0.305 e. The van der Waals surface area contributed by atoms with Crippen LogP contribution in [0.2, 0.25) is 0 Å². The third-order valence-corrected chi connectivity index (χ3v) is 4.04. The van der Waals surface area contributed by atoms with E-state index in [4.69, 9.17) is 9.47 Å². The number of carbonyl (C=O) groups excluding carboxylic acids is 2. The summed E-state index contributed by atoms with van der Waals surface area (Å²) in [6.07, 6.45) is 4.13. The lowest BCUT2D eigenvalue weighted by Crippen LogP contribution is -2.28. The molecule has 0 aliphatic heterocycles. The number of ether oxygens (including phenoxy) is 2. The second-order valence-electron chi connectivity index (χ2n) is 6.42. The van der Waals surface area contributed by atoms with Gasteiger partial charge < -0.3 is 14.4 Å². The van der Waals surface area contributed by atoms with Crippen molar-refractivity contribution in [2.75, 3.05) is 31.2 Å². The third kappa shape index (κ3) is 8.88. The fourth-order valence-corrected chi connectivity index (χ4v) is 2.71. The molecule has 0 heterocycles. The van der Waals surface area contributed by atoms with Gasteiger partial charge in [-0.2, -0.15) is 0 Å². The number of nitrogens with zero attached hydrogens (tertiary/aromatic N) is 1. The van der Waals surface area contributed by atoms with Crippen LogP contribution in [0.25, 0.3) is 0 Å². The maximum atomic E-state index is 11.5. The number of para-hydroxylation sites is 1. The molecule has 0 atom stereocenters. The third-order valence-electron chi connectivity index (χ3n) is 4.04. The van der Waals surface area contributed by atoms with Crippen molar-refractivity contribution in [3.63, 3.8) is 0 Å². The summed E-state index contributed by atoms with van der Waals surface area (Å²) >= 11 is 0. The molecule has 1 aromatic rings. The number of hydrogen-bond donors (Lipinski definition) is 0. The summed E-state index contributed by atoms with van der Waals surface area (Å²) in [5.41, 5.74) is 2.38.